The zero-order valence-electron chi connectivity index (χ0n) is 11.0. The molecule has 5 nitrogen and oxygen atoms in total. The fourth-order valence-electron chi connectivity index (χ4n) is 2.14. The van der Waals surface area contributed by atoms with Gasteiger partial charge in [0.15, 0.2) is 6.61 Å². The number of carbonyl (C=O) groups excluding carboxylic acids is 1. The first-order valence-electron chi connectivity index (χ1n) is 6.41. The highest BCUT2D eigenvalue weighted by molar-refractivity contribution is 6.00. The van der Waals surface area contributed by atoms with Gasteiger partial charge < -0.3 is 14.8 Å². The first kappa shape index (κ1) is 13.4. The number of benzene rings is 1. The van der Waals surface area contributed by atoms with E-state index in [4.69, 9.17) is 9.94 Å². The monoisotopic (exact) mass is 262 g/mol. The molecule has 1 aromatic rings. The molecule has 19 heavy (non-hydrogen) atoms. The van der Waals surface area contributed by atoms with E-state index in [1.807, 2.05) is 17.0 Å². The van der Waals surface area contributed by atoms with Crippen molar-refractivity contribution < 1.29 is 14.7 Å². The minimum absolute atomic E-state index is 0.00546. The highest BCUT2D eigenvalue weighted by atomic mass is 16.5. The molecule has 0 bridgehead atoms. The third kappa shape index (κ3) is 3.24. The van der Waals surface area contributed by atoms with Crippen LogP contribution in [0, 0.1) is 0 Å². The number of carbonyl (C=O) groups is 1. The van der Waals surface area contributed by atoms with Gasteiger partial charge in [0.1, 0.15) is 5.75 Å². The van der Waals surface area contributed by atoms with E-state index < -0.39 is 0 Å². The van der Waals surface area contributed by atoms with Gasteiger partial charge >= 0.3 is 0 Å². The van der Waals surface area contributed by atoms with Crippen molar-refractivity contribution in [3.8, 4) is 5.75 Å². The van der Waals surface area contributed by atoms with Crippen LogP contribution in [0.15, 0.2) is 29.4 Å². The summed E-state index contributed by atoms with van der Waals surface area (Å²) in [5.74, 6) is 0.566. The molecule has 0 radical (unpaired) electrons. The molecule has 1 N–H and O–H groups in total. The number of amides is 1. The summed E-state index contributed by atoms with van der Waals surface area (Å²) in [5.41, 5.74) is 1.16. The molecule has 0 unspecified atom stereocenters. The summed E-state index contributed by atoms with van der Waals surface area (Å²) in [5, 5.41) is 12.0. The largest absolute Gasteiger partial charge is 0.483 e. The van der Waals surface area contributed by atoms with E-state index in [2.05, 4.69) is 5.16 Å². The predicted octanol–water partition coefficient (Wildman–Crippen LogP) is 1.89. The topological polar surface area (TPSA) is 62.1 Å². The van der Waals surface area contributed by atoms with Gasteiger partial charge in [-0.25, -0.2) is 0 Å². The molecule has 5 heteroatoms. The summed E-state index contributed by atoms with van der Waals surface area (Å²) in [6, 6.07) is 7.22. The van der Waals surface area contributed by atoms with Gasteiger partial charge in [-0.3, -0.25) is 4.79 Å². The minimum atomic E-state index is 0.00546. The van der Waals surface area contributed by atoms with Gasteiger partial charge in [-0.15, -0.1) is 0 Å². The second-order valence-corrected chi connectivity index (χ2v) is 4.56. The van der Waals surface area contributed by atoms with Crippen molar-refractivity contribution in [2.24, 2.45) is 5.16 Å². The van der Waals surface area contributed by atoms with Gasteiger partial charge in [-0.05, 0) is 31.9 Å². The Morgan fingerprint density at radius 3 is 2.74 bits per heavy atom. The molecule has 0 spiro atoms. The standard InChI is InChI=1S/C14H18N2O3/c1-11(15-18)12-6-2-3-7-13(12)19-10-14(17)16-8-4-5-9-16/h2-3,6-7,18H,4-5,8-10H2,1H3/b15-11+. The Kier molecular flexibility index (Phi) is 4.39. The zero-order valence-corrected chi connectivity index (χ0v) is 11.0. The second-order valence-electron chi connectivity index (χ2n) is 4.56. The number of hydrogen-bond donors (Lipinski definition) is 1. The van der Waals surface area contributed by atoms with Gasteiger partial charge in [-0.1, -0.05) is 17.3 Å². The lowest BCUT2D eigenvalue weighted by Crippen LogP contribution is -2.32. The average molecular weight is 262 g/mol. The Morgan fingerprint density at radius 2 is 2.05 bits per heavy atom. The number of likely N-dealkylation sites (tertiary alicyclic amines) is 1. The van der Waals surface area contributed by atoms with Crippen LogP contribution in [0.2, 0.25) is 0 Å². The van der Waals surface area contributed by atoms with Crippen molar-refractivity contribution in [2.75, 3.05) is 19.7 Å². The molecular formula is C14H18N2O3. The third-order valence-corrected chi connectivity index (χ3v) is 3.24. The number of rotatable bonds is 4. The SMILES string of the molecule is C/C(=N\O)c1ccccc1OCC(=O)N1CCCC1. The second kappa shape index (κ2) is 6.22. The summed E-state index contributed by atoms with van der Waals surface area (Å²) >= 11 is 0. The Bertz CT molecular complexity index is 479. The summed E-state index contributed by atoms with van der Waals surface area (Å²) < 4.78 is 5.55. The van der Waals surface area contributed by atoms with Crippen LogP contribution in [0.5, 0.6) is 5.75 Å². The Labute approximate surface area is 112 Å². The summed E-state index contributed by atoms with van der Waals surface area (Å²) in [7, 11) is 0. The summed E-state index contributed by atoms with van der Waals surface area (Å²) in [6.45, 7) is 3.35. The van der Waals surface area contributed by atoms with E-state index in [0.29, 0.717) is 17.0 Å². The molecule has 1 heterocycles. The number of oxime groups is 1. The van der Waals surface area contributed by atoms with E-state index in [-0.39, 0.29) is 12.5 Å². The van der Waals surface area contributed by atoms with Gasteiger partial charge in [0.2, 0.25) is 0 Å². The maximum atomic E-state index is 11.9. The van der Waals surface area contributed by atoms with Crippen LogP contribution in [0.3, 0.4) is 0 Å². The van der Waals surface area contributed by atoms with Crippen molar-refractivity contribution >= 4 is 11.6 Å². The molecule has 0 aliphatic carbocycles. The molecule has 2 rings (SSSR count). The first-order valence-corrected chi connectivity index (χ1v) is 6.41. The highest BCUT2D eigenvalue weighted by Gasteiger charge is 2.18. The number of hydrogen-bond acceptors (Lipinski definition) is 4. The Balaban J connectivity index is 2.01. The molecule has 1 saturated heterocycles. The smallest absolute Gasteiger partial charge is 0.260 e. The van der Waals surface area contributed by atoms with Crippen molar-refractivity contribution in [2.45, 2.75) is 19.8 Å². The van der Waals surface area contributed by atoms with Crippen molar-refractivity contribution in [3.63, 3.8) is 0 Å². The summed E-state index contributed by atoms with van der Waals surface area (Å²) in [6.07, 6.45) is 2.14. The molecule has 0 aromatic heterocycles. The van der Waals surface area contributed by atoms with Crippen molar-refractivity contribution in [3.05, 3.63) is 29.8 Å². The molecule has 0 atom stereocenters. The lowest BCUT2D eigenvalue weighted by atomic mass is 10.1. The average Bonchev–Trinajstić information content (AvgIpc) is 2.98. The van der Waals surface area contributed by atoms with E-state index in [9.17, 15) is 4.79 Å². The molecule has 1 aliphatic heterocycles. The molecule has 1 aliphatic rings. The van der Waals surface area contributed by atoms with Gasteiger partial charge in [0.25, 0.3) is 5.91 Å². The van der Waals surface area contributed by atoms with Crippen LogP contribution >= 0.6 is 0 Å². The van der Waals surface area contributed by atoms with Crippen LogP contribution in [0.25, 0.3) is 0 Å². The van der Waals surface area contributed by atoms with Gasteiger partial charge in [0, 0.05) is 18.7 Å². The zero-order chi connectivity index (χ0) is 13.7. The molecule has 102 valence electrons. The third-order valence-electron chi connectivity index (χ3n) is 3.24. The van der Waals surface area contributed by atoms with Crippen LogP contribution in [-0.4, -0.2) is 41.4 Å². The number of ether oxygens (including phenoxy) is 1. The van der Waals surface area contributed by atoms with Gasteiger partial charge in [0.05, 0.1) is 5.71 Å². The Morgan fingerprint density at radius 1 is 1.37 bits per heavy atom. The number of nitrogens with zero attached hydrogens (tertiary/aromatic N) is 2. The first-order chi connectivity index (χ1) is 9.22. The highest BCUT2D eigenvalue weighted by Crippen LogP contribution is 2.19. The van der Waals surface area contributed by atoms with E-state index >= 15 is 0 Å². The van der Waals surface area contributed by atoms with Crippen LogP contribution in [-0.2, 0) is 4.79 Å². The molecule has 1 fully saturated rings. The molecular weight excluding hydrogens is 244 g/mol. The van der Waals surface area contributed by atoms with E-state index in [1.54, 1.807) is 19.1 Å². The minimum Gasteiger partial charge on any atom is -0.483 e. The fourth-order valence-corrected chi connectivity index (χ4v) is 2.14. The number of para-hydroxylation sites is 1. The van der Waals surface area contributed by atoms with Crippen LogP contribution < -0.4 is 4.74 Å². The molecule has 1 amide bonds. The summed E-state index contributed by atoms with van der Waals surface area (Å²) in [4.78, 5) is 13.7. The predicted molar refractivity (Wildman–Crippen MR) is 71.7 cm³/mol. The maximum absolute atomic E-state index is 11.9. The van der Waals surface area contributed by atoms with E-state index in [0.717, 1.165) is 25.9 Å². The van der Waals surface area contributed by atoms with E-state index in [1.165, 1.54) is 0 Å². The van der Waals surface area contributed by atoms with Crippen LogP contribution in [0.4, 0.5) is 0 Å². The van der Waals surface area contributed by atoms with Gasteiger partial charge in [-0.2, -0.15) is 0 Å². The normalized spacial score (nSPS) is 15.6. The quantitative estimate of drug-likeness (QED) is 0.512. The fraction of sp³-hybridized carbons (Fsp3) is 0.429. The maximum Gasteiger partial charge on any atom is 0.260 e. The Hall–Kier alpha value is -2.04. The van der Waals surface area contributed by atoms with Crippen molar-refractivity contribution in [1.29, 1.82) is 0 Å². The van der Waals surface area contributed by atoms with Crippen LogP contribution in [0.1, 0.15) is 25.3 Å². The lowest BCUT2D eigenvalue weighted by Gasteiger charge is -2.16. The van der Waals surface area contributed by atoms with Crippen molar-refractivity contribution in [1.82, 2.24) is 4.90 Å². The molecule has 1 aromatic carbocycles. The molecule has 0 saturated carbocycles. The lowest BCUT2D eigenvalue weighted by molar-refractivity contribution is -0.132.